The third-order valence-electron chi connectivity index (χ3n) is 5.57. The van der Waals surface area contributed by atoms with Gasteiger partial charge < -0.3 is 14.2 Å². The van der Waals surface area contributed by atoms with Gasteiger partial charge in [-0.25, -0.2) is 0 Å². The first-order valence-corrected chi connectivity index (χ1v) is 7.95. The molecule has 4 heteroatoms. The number of hydrogen-bond donors (Lipinski definition) is 0. The van der Waals surface area contributed by atoms with Crippen molar-refractivity contribution >= 4 is 16.9 Å². The van der Waals surface area contributed by atoms with E-state index >= 15 is 0 Å². The van der Waals surface area contributed by atoms with Crippen molar-refractivity contribution in [1.82, 2.24) is 9.47 Å². The van der Waals surface area contributed by atoms with E-state index in [1.165, 1.54) is 29.1 Å². The lowest BCUT2D eigenvalue weighted by molar-refractivity contribution is -0.148. The van der Waals surface area contributed by atoms with E-state index in [1.54, 1.807) is 0 Å². The van der Waals surface area contributed by atoms with Crippen molar-refractivity contribution in [2.24, 2.45) is 13.0 Å². The van der Waals surface area contributed by atoms with Gasteiger partial charge in [-0.15, -0.1) is 0 Å². The zero-order valence-corrected chi connectivity index (χ0v) is 13.4. The Morgan fingerprint density at radius 2 is 2.14 bits per heavy atom. The van der Waals surface area contributed by atoms with Crippen LogP contribution in [0.1, 0.15) is 23.5 Å². The van der Waals surface area contributed by atoms with Gasteiger partial charge >= 0.3 is 5.97 Å². The van der Waals surface area contributed by atoms with E-state index in [1.807, 2.05) is 0 Å². The molecule has 0 radical (unpaired) electrons. The van der Waals surface area contributed by atoms with Gasteiger partial charge in [0.05, 0.1) is 13.0 Å². The van der Waals surface area contributed by atoms with Crippen molar-refractivity contribution < 1.29 is 9.53 Å². The molecule has 1 aliphatic carbocycles. The first-order valence-electron chi connectivity index (χ1n) is 7.95. The summed E-state index contributed by atoms with van der Waals surface area (Å²) in [5.74, 6) is 0.328. The monoisotopic (exact) mass is 298 g/mol. The van der Waals surface area contributed by atoms with E-state index in [-0.39, 0.29) is 11.9 Å². The summed E-state index contributed by atoms with van der Waals surface area (Å²) in [6.45, 7) is 0.798. The molecule has 1 saturated heterocycles. The molecule has 22 heavy (non-hydrogen) atoms. The molecule has 4 rings (SSSR count). The summed E-state index contributed by atoms with van der Waals surface area (Å²) < 4.78 is 7.22. The second-order valence-electron chi connectivity index (χ2n) is 6.78. The number of ether oxygens (including phenoxy) is 1. The van der Waals surface area contributed by atoms with Crippen LogP contribution in [0, 0.1) is 5.92 Å². The number of carbonyl (C=O) groups is 1. The van der Waals surface area contributed by atoms with Crippen LogP contribution in [0.25, 0.3) is 10.9 Å². The van der Waals surface area contributed by atoms with Crippen LogP contribution < -0.4 is 0 Å². The van der Waals surface area contributed by atoms with Crippen LogP contribution in [0.3, 0.4) is 0 Å². The summed E-state index contributed by atoms with van der Waals surface area (Å²) in [5.41, 5.74) is 4.15. The number of nitrogens with zero attached hydrogens (tertiary/aromatic N) is 2. The normalized spacial score (nSPS) is 27.7. The summed E-state index contributed by atoms with van der Waals surface area (Å²) in [5, 5.41) is 1.41. The van der Waals surface area contributed by atoms with Crippen molar-refractivity contribution in [2.75, 3.05) is 20.7 Å². The van der Waals surface area contributed by atoms with E-state index in [2.05, 4.69) is 48.0 Å². The molecule has 3 atom stereocenters. The van der Waals surface area contributed by atoms with Gasteiger partial charge in [-0.1, -0.05) is 12.1 Å². The molecular formula is C18H22N2O2. The minimum absolute atomic E-state index is 0.0169. The molecule has 4 nitrogen and oxygen atoms in total. The lowest BCUT2D eigenvalue weighted by Gasteiger charge is -2.44. The number of benzene rings is 1. The smallest absolute Gasteiger partial charge is 0.309 e. The van der Waals surface area contributed by atoms with E-state index in [9.17, 15) is 4.79 Å². The molecule has 0 amide bonds. The first-order chi connectivity index (χ1) is 10.6. The van der Waals surface area contributed by atoms with Gasteiger partial charge in [0.1, 0.15) is 0 Å². The van der Waals surface area contributed by atoms with Crippen LogP contribution in [-0.2, 0) is 23.0 Å². The number of likely N-dealkylation sites (N-methyl/N-ethyl adjacent to an activating group) is 1. The number of rotatable bonds is 1. The van der Waals surface area contributed by atoms with Gasteiger partial charge in [-0.05, 0) is 37.1 Å². The van der Waals surface area contributed by atoms with Crippen molar-refractivity contribution in [1.29, 1.82) is 0 Å². The Kier molecular flexibility index (Phi) is 3.05. The average Bonchev–Trinajstić information content (AvgIpc) is 2.85. The Morgan fingerprint density at radius 3 is 2.91 bits per heavy atom. The summed E-state index contributed by atoms with van der Waals surface area (Å²) >= 11 is 0. The Hall–Kier alpha value is -1.81. The predicted molar refractivity (Wildman–Crippen MR) is 85.9 cm³/mol. The van der Waals surface area contributed by atoms with Gasteiger partial charge in [0, 0.05) is 42.7 Å². The molecule has 2 aromatic rings. The molecule has 0 unspecified atom stereocenters. The molecule has 1 aliphatic heterocycles. The molecule has 0 bridgehead atoms. The van der Waals surface area contributed by atoms with Crippen LogP contribution in [-0.4, -0.2) is 42.2 Å². The number of fused-ring (bicyclic) bond motifs is 2. The number of carbonyl (C=O) groups excluding carboxylic acids is 1. The fraction of sp³-hybridized carbons (Fsp3) is 0.500. The average molecular weight is 298 g/mol. The predicted octanol–water partition coefficient (Wildman–Crippen LogP) is 2.31. The lowest BCUT2D eigenvalue weighted by atomic mass is 9.72. The number of piperidine rings is 1. The standard InChI is InChI=1S/C18H22N2O2/c1-19-9-11-8-16-14(13-5-4-6-15(19)17(11)13)7-12(10-20(16)2)18(21)22-3/h4-6,9,12,14,16H,7-8,10H2,1-3H3/t12-,14-,16-/m1/s1. The first kappa shape index (κ1) is 13.8. The molecule has 1 aromatic carbocycles. The van der Waals surface area contributed by atoms with Crippen molar-refractivity contribution in [2.45, 2.75) is 24.8 Å². The minimum Gasteiger partial charge on any atom is -0.469 e. The third kappa shape index (κ3) is 1.83. The van der Waals surface area contributed by atoms with E-state index in [0.29, 0.717) is 12.0 Å². The molecule has 1 fully saturated rings. The summed E-state index contributed by atoms with van der Waals surface area (Å²) in [4.78, 5) is 14.4. The molecule has 116 valence electrons. The summed E-state index contributed by atoms with van der Waals surface area (Å²) in [6.07, 6.45) is 4.24. The molecule has 0 spiro atoms. The molecule has 0 N–H and O–H groups in total. The van der Waals surface area contributed by atoms with E-state index in [4.69, 9.17) is 4.74 Å². The maximum absolute atomic E-state index is 12.0. The lowest BCUT2D eigenvalue weighted by Crippen LogP contribution is -2.49. The van der Waals surface area contributed by atoms with Crippen LogP contribution in [0.5, 0.6) is 0 Å². The number of aryl methyl sites for hydroxylation is 1. The fourth-order valence-electron chi connectivity index (χ4n) is 4.56. The maximum Gasteiger partial charge on any atom is 0.309 e. The second kappa shape index (κ2) is 4.85. The molecule has 2 aliphatic rings. The van der Waals surface area contributed by atoms with Gasteiger partial charge in [0.15, 0.2) is 0 Å². The Bertz CT molecular complexity index is 749. The molecular weight excluding hydrogens is 276 g/mol. The van der Waals surface area contributed by atoms with E-state index < -0.39 is 0 Å². The van der Waals surface area contributed by atoms with Gasteiger partial charge in [0.25, 0.3) is 0 Å². The Balaban J connectivity index is 1.82. The van der Waals surface area contributed by atoms with Gasteiger partial charge in [-0.2, -0.15) is 0 Å². The van der Waals surface area contributed by atoms with Crippen LogP contribution >= 0.6 is 0 Å². The molecule has 2 heterocycles. The van der Waals surface area contributed by atoms with Crippen LogP contribution in [0.4, 0.5) is 0 Å². The third-order valence-corrected chi connectivity index (χ3v) is 5.57. The zero-order valence-electron chi connectivity index (χ0n) is 13.4. The second-order valence-corrected chi connectivity index (χ2v) is 6.78. The van der Waals surface area contributed by atoms with Crippen molar-refractivity contribution in [3.05, 3.63) is 35.5 Å². The highest BCUT2D eigenvalue weighted by Crippen LogP contribution is 2.44. The molecule has 0 saturated carbocycles. The topological polar surface area (TPSA) is 34.5 Å². The highest BCUT2D eigenvalue weighted by atomic mass is 16.5. The Morgan fingerprint density at radius 1 is 1.32 bits per heavy atom. The highest BCUT2D eigenvalue weighted by Gasteiger charge is 2.41. The number of methoxy groups -OCH3 is 1. The maximum atomic E-state index is 12.0. The minimum atomic E-state index is -0.0728. The van der Waals surface area contributed by atoms with Crippen molar-refractivity contribution in [3.63, 3.8) is 0 Å². The van der Waals surface area contributed by atoms with Gasteiger partial charge in [0.2, 0.25) is 0 Å². The summed E-state index contributed by atoms with van der Waals surface area (Å²) in [7, 11) is 5.75. The number of hydrogen-bond acceptors (Lipinski definition) is 3. The SMILES string of the molecule is COC(=O)[C@@H]1C[C@@H]2c3cccc4c3c(cn4C)C[C@H]2N(C)C1. The number of aromatic nitrogens is 1. The fourth-order valence-corrected chi connectivity index (χ4v) is 4.56. The van der Waals surface area contributed by atoms with Crippen LogP contribution in [0.15, 0.2) is 24.4 Å². The highest BCUT2D eigenvalue weighted by molar-refractivity contribution is 5.89. The van der Waals surface area contributed by atoms with Crippen molar-refractivity contribution in [3.8, 4) is 0 Å². The zero-order chi connectivity index (χ0) is 15.4. The van der Waals surface area contributed by atoms with E-state index in [0.717, 1.165) is 19.4 Å². The Labute approximate surface area is 130 Å². The summed E-state index contributed by atoms with van der Waals surface area (Å²) in [6, 6.07) is 7.07. The largest absolute Gasteiger partial charge is 0.469 e. The number of esters is 1. The van der Waals surface area contributed by atoms with Gasteiger partial charge in [-0.3, -0.25) is 4.79 Å². The quantitative estimate of drug-likeness (QED) is 0.758. The number of likely N-dealkylation sites (tertiary alicyclic amines) is 1. The molecule has 1 aromatic heterocycles. The van der Waals surface area contributed by atoms with Crippen LogP contribution in [0.2, 0.25) is 0 Å².